The Kier molecular flexibility index (Phi) is 3.15. The Morgan fingerprint density at radius 3 is 2.81 bits per heavy atom. The van der Waals surface area contributed by atoms with Crippen LogP contribution in [0.1, 0.15) is 70.3 Å². The van der Waals surface area contributed by atoms with Crippen molar-refractivity contribution in [2.24, 2.45) is 22.7 Å². The molecule has 26 heavy (non-hydrogen) atoms. The number of epoxide rings is 1. The van der Waals surface area contributed by atoms with Crippen LogP contribution in [0.15, 0.2) is 34.7 Å². The first-order valence-corrected chi connectivity index (χ1v) is 11.1. The maximum absolute atomic E-state index is 6.63. The largest absolute Gasteiger partial charge is 0.472 e. The van der Waals surface area contributed by atoms with Crippen molar-refractivity contribution >= 4 is 12.6 Å². The highest BCUT2D eigenvalue weighted by Gasteiger charge is 2.80. The Bertz CT molecular complexity index is 769. The summed E-state index contributed by atoms with van der Waals surface area (Å²) >= 11 is 4.77. The predicted octanol–water partition coefficient (Wildman–Crippen LogP) is 5.76. The van der Waals surface area contributed by atoms with E-state index < -0.39 is 0 Å². The molecule has 3 saturated carbocycles. The topological polar surface area (TPSA) is 25.7 Å². The summed E-state index contributed by atoms with van der Waals surface area (Å²) in [6.45, 7) is 5.10. The summed E-state index contributed by atoms with van der Waals surface area (Å²) in [6.07, 6.45) is 15.8. The van der Waals surface area contributed by atoms with Gasteiger partial charge in [0, 0.05) is 10.7 Å². The number of hydrogen-bond donors (Lipinski definition) is 1. The zero-order chi connectivity index (χ0) is 17.7. The molecule has 1 aromatic heterocycles. The van der Waals surface area contributed by atoms with E-state index in [1.807, 2.05) is 12.5 Å². The maximum Gasteiger partial charge on any atom is 0.104 e. The van der Waals surface area contributed by atoms with E-state index >= 15 is 0 Å². The van der Waals surface area contributed by atoms with E-state index in [9.17, 15) is 0 Å². The van der Waals surface area contributed by atoms with Gasteiger partial charge in [-0.05, 0) is 79.7 Å². The quantitative estimate of drug-likeness (QED) is 0.386. The summed E-state index contributed by atoms with van der Waals surface area (Å²) in [5.41, 5.74) is 3.93. The molecule has 140 valence electrons. The van der Waals surface area contributed by atoms with E-state index in [0.29, 0.717) is 22.7 Å². The van der Waals surface area contributed by atoms with Gasteiger partial charge in [0.2, 0.25) is 0 Å². The van der Waals surface area contributed by atoms with Crippen molar-refractivity contribution in [2.75, 3.05) is 0 Å². The lowest BCUT2D eigenvalue weighted by molar-refractivity contribution is -0.0791. The van der Waals surface area contributed by atoms with Gasteiger partial charge in [-0.2, -0.15) is 12.6 Å². The van der Waals surface area contributed by atoms with Gasteiger partial charge < -0.3 is 9.15 Å². The van der Waals surface area contributed by atoms with Crippen LogP contribution in [0.2, 0.25) is 0 Å². The van der Waals surface area contributed by atoms with E-state index in [2.05, 4.69) is 26.0 Å². The van der Waals surface area contributed by atoms with E-state index in [4.69, 9.17) is 21.8 Å². The molecule has 4 fully saturated rings. The molecule has 2 heterocycles. The number of furan rings is 1. The molecule has 0 aromatic carbocycles. The fourth-order valence-electron chi connectivity index (χ4n) is 8.12. The minimum absolute atomic E-state index is 0.143. The monoisotopic (exact) mass is 370 g/mol. The molecular formula is C23H30O2S. The molecule has 0 unspecified atom stereocenters. The standard InChI is InChI=1S/C23H30O2S/c1-21-8-5-16(26)11-15(21)3-4-18-17(21)6-9-22(2)19(14-7-10-24-13-14)12-20-23(18,22)25-20/h7,10-11,13,16-20,26H,3-6,8-9,12H2,1-2H3/t16-,17-,18+,19+,20+,21-,22+,23+/m0/s1. The first-order valence-electron chi connectivity index (χ1n) is 10.6. The Hall–Kier alpha value is -0.670. The Labute approximate surface area is 162 Å². The van der Waals surface area contributed by atoms with Gasteiger partial charge in [-0.3, -0.25) is 0 Å². The minimum Gasteiger partial charge on any atom is -0.472 e. The highest BCUT2D eigenvalue weighted by atomic mass is 32.1. The number of ether oxygens (including phenoxy) is 1. The van der Waals surface area contributed by atoms with E-state index in [-0.39, 0.29) is 11.0 Å². The van der Waals surface area contributed by atoms with Gasteiger partial charge in [-0.15, -0.1) is 0 Å². The van der Waals surface area contributed by atoms with Crippen molar-refractivity contribution in [1.82, 2.24) is 0 Å². The van der Waals surface area contributed by atoms with Gasteiger partial charge >= 0.3 is 0 Å². The second-order valence-electron chi connectivity index (χ2n) is 10.2. The third-order valence-electron chi connectivity index (χ3n) is 9.46. The first-order chi connectivity index (χ1) is 12.5. The van der Waals surface area contributed by atoms with Crippen molar-refractivity contribution in [3.63, 3.8) is 0 Å². The van der Waals surface area contributed by atoms with Gasteiger partial charge in [-0.25, -0.2) is 0 Å². The number of hydrogen-bond acceptors (Lipinski definition) is 3. The number of allylic oxidation sites excluding steroid dienone is 1. The normalized spacial score (nSPS) is 54.6. The second-order valence-corrected chi connectivity index (χ2v) is 10.8. The zero-order valence-electron chi connectivity index (χ0n) is 15.9. The van der Waals surface area contributed by atoms with Gasteiger partial charge in [0.15, 0.2) is 0 Å². The smallest absolute Gasteiger partial charge is 0.104 e. The molecule has 6 rings (SSSR count). The Balaban J connectivity index is 1.39. The Morgan fingerprint density at radius 2 is 2.00 bits per heavy atom. The third-order valence-corrected chi connectivity index (χ3v) is 9.86. The maximum atomic E-state index is 6.63. The summed E-state index contributed by atoms with van der Waals surface area (Å²) in [6, 6.07) is 2.19. The number of fused-ring (bicyclic) bond motifs is 3. The molecule has 0 bridgehead atoms. The molecule has 5 aliphatic rings. The third kappa shape index (κ3) is 1.76. The van der Waals surface area contributed by atoms with Crippen LogP contribution < -0.4 is 0 Å². The summed E-state index contributed by atoms with van der Waals surface area (Å²) in [5, 5.41) is 0.475. The molecular weight excluding hydrogens is 340 g/mol. The average Bonchev–Trinajstić information content (AvgIpc) is 2.99. The van der Waals surface area contributed by atoms with Crippen molar-refractivity contribution in [2.45, 2.75) is 81.7 Å². The lowest BCUT2D eigenvalue weighted by Crippen LogP contribution is -2.56. The molecule has 0 N–H and O–H groups in total. The summed E-state index contributed by atoms with van der Waals surface area (Å²) in [7, 11) is 0. The van der Waals surface area contributed by atoms with Crippen molar-refractivity contribution in [3.8, 4) is 0 Å². The average molecular weight is 371 g/mol. The molecule has 1 spiro atoms. The van der Waals surface area contributed by atoms with Crippen LogP contribution in [0, 0.1) is 22.7 Å². The molecule has 0 amide bonds. The minimum atomic E-state index is 0.143. The van der Waals surface area contributed by atoms with Gasteiger partial charge in [0.1, 0.15) is 5.60 Å². The highest BCUT2D eigenvalue weighted by Crippen LogP contribution is 2.77. The summed E-state index contributed by atoms with van der Waals surface area (Å²) < 4.78 is 12.1. The van der Waals surface area contributed by atoms with Crippen molar-refractivity contribution in [3.05, 3.63) is 35.8 Å². The molecule has 1 aromatic rings. The fraction of sp³-hybridized carbons (Fsp3) is 0.739. The molecule has 3 heteroatoms. The van der Waals surface area contributed by atoms with Crippen LogP contribution in [0.25, 0.3) is 0 Å². The van der Waals surface area contributed by atoms with Crippen LogP contribution in [0.4, 0.5) is 0 Å². The van der Waals surface area contributed by atoms with Crippen molar-refractivity contribution < 1.29 is 9.15 Å². The van der Waals surface area contributed by atoms with Crippen molar-refractivity contribution in [1.29, 1.82) is 0 Å². The molecule has 8 atom stereocenters. The van der Waals surface area contributed by atoms with Crippen LogP contribution in [-0.4, -0.2) is 17.0 Å². The van der Waals surface area contributed by atoms with Gasteiger partial charge in [0.05, 0.1) is 18.6 Å². The molecule has 1 aliphatic heterocycles. The lowest BCUT2D eigenvalue weighted by atomic mass is 9.46. The van der Waals surface area contributed by atoms with Gasteiger partial charge in [0.25, 0.3) is 0 Å². The molecule has 1 saturated heterocycles. The lowest BCUT2D eigenvalue weighted by Gasteiger charge is -2.58. The number of thiol groups is 1. The second kappa shape index (κ2) is 5.03. The van der Waals surface area contributed by atoms with Crippen LogP contribution >= 0.6 is 12.6 Å². The predicted molar refractivity (Wildman–Crippen MR) is 105 cm³/mol. The SMILES string of the molecule is C[C@]12CC[C@H](S)C=C1CC[C@@H]1[C@@H]2CC[C@]2(C)[C@@H](c3ccoc3)C[C@H]3O[C@]132. The number of rotatable bonds is 1. The zero-order valence-corrected chi connectivity index (χ0v) is 16.8. The van der Waals surface area contributed by atoms with Crippen LogP contribution in [0.3, 0.4) is 0 Å². The van der Waals surface area contributed by atoms with E-state index in [1.165, 1.54) is 50.5 Å². The van der Waals surface area contributed by atoms with Gasteiger partial charge in [-0.1, -0.05) is 25.5 Å². The van der Waals surface area contributed by atoms with E-state index in [0.717, 1.165) is 11.8 Å². The fourth-order valence-corrected chi connectivity index (χ4v) is 8.43. The molecule has 2 nitrogen and oxygen atoms in total. The summed E-state index contributed by atoms with van der Waals surface area (Å²) in [5.74, 6) is 2.14. The Morgan fingerprint density at radius 1 is 1.12 bits per heavy atom. The van der Waals surface area contributed by atoms with Crippen LogP contribution in [0.5, 0.6) is 0 Å². The molecule has 4 aliphatic carbocycles. The summed E-state index contributed by atoms with van der Waals surface area (Å²) in [4.78, 5) is 0. The molecule has 0 radical (unpaired) electrons. The first kappa shape index (κ1) is 16.3. The highest BCUT2D eigenvalue weighted by molar-refractivity contribution is 7.81. The van der Waals surface area contributed by atoms with Crippen LogP contribution in [-0.2, 0) is 4.74 Å². The van der Waals surface area contributed by atoms with E-state index in [1.54, 1.807) is 5.57 Å².